The summed E-state index contributed by atoms with van der Waals surface area (Å²) >= 11 is -3.37. The maximum absolute atomic E-state index is 3.37. The molecule has 0 aromatic heterocycles. The molecule has 2 aliphatic rings. The van der Waals surface area contributed by atoms with E-state index in [0.717, 1.165) is 0 Å². The first-order valence-electron chi connectivity index (χ1n) is 12.1. The molecule has 2 unspecified atom stereocenters. The Kier molecular flexibility index (Phi) is 5.71. The maximum atomic E-state index is 2.71. The molecule has 2 atom stereocenters. The first-order valence-corrected chi connectivity index (χ1v) is 25.6. The van der Waals surface area contributed by atoms with E-state index in [2.05, 4.69) is 108 Å². The van der Waals surface area contributed by atoms with Gasteiger partial charge in [0.05, 0.1) is 0 Å². The second kappa shape index (κ2) is 7.64. The molecule has 0 spiro atoms. The molecule has 0 amide bonds. The summed E-state index contributed by atoms with van der Waals surface area (Å²) < 4.78 is 7.79. The second-order valence-electron chi connectivity index (χ2n) is 11.7. The van der Waals surface area contributed by atoms with Gasteiger partial charge in [-0.2, -0.15) is 0 Å². The molecule has 0 N–H and O–H groups in total. The predicted octanol–water partition coefficient (Wildman–Crippen LogP) is 8.00. The fourth-order valence-electron chi connectivity index (χ4n) is 6.90. The van der Waals surface area contributed by atoms with Gasteiger partial charge >= 0.3 is 199 Å². The number of allylic oxidation sites excluding steroid dienone is 5. The van der Waals surface area contributed by atoms with Crippen LogP contribution in [0.25, 0.3) is 5.57 Å². The van der Waals surface area contributed by atoms with E-state index in [-0.39, 0.29) is 0 Å². The summed E-state index contributed by atoms with van der Waals surface area (Å²) in [6.07, 6.45) is 2.70. The van der Waals surface area contributed by atoms with E-state index in [1.54, 1.807) is 22.3 Å². The zero-order valence-electron chi connectivity index (χ0n) is 21.8. The van der Waals surface area contributed by atoms with E-state index in [1.165, 1.54) is 39.0 Å². The SMILES string of the molecule is CC1=C(C)C(C)[C]([Zr]([CH3])([CH3])(=[SiH2])[CH]2C=C(c3c(C)cc(C)c(C)c3C)c3ccccc32)=C1C. The quantitative estimate of drug-likeness (QED) is 0.360. The van der Waals surface area contributed by atoms with Crippen molar-refractivity contribution < 1.29 is 17.4 Å². The van der Waals surface area contributed by atoms with E-state index >= 15 is 0 Å². The van der Waals surface area contributed by atoms with E-state index < -0.39 is 17.4 Å². The van der Waals surface area contributed by atoms with Crippen LogP contribution in [0.3, 0.4) is 0 Å². The van der Waals surface area contributed by atoms with Gasteiger partial charge in [-0.15, -0.1) is 0 Å². The van der Waals surface area contributed by atoms with Crippen molar-refractivity contribution in [3.63, 3.8) is 0 Å². The summed E-state index contributed by atoms with van der Waals surface area (Å²) in [5.41, 5.74) is 16.4. The van der Waals surface area contributed by atoms with Crippen LogP contribution in [0.2, 0.25) is 9.26 Å². The van der Waals surface area contributed by atoms with Gasteiger partial charge in [0.2, 0.25) is 0 Å². The van der Waals surface area contributed by atoms with Gasteiger partial charge in [0.25, 0.3) is 0 Å². The summed E-state index contributed by atoms with van der Waals surface area (Å²) in [6.45, 7) is 21.1. The van der Waals surface area contributed by atoms with Gasteiger partial charge in [0.15, 0.2) is 0 Å². The molecule has 0 heterocycles. The van der Waals surface area contributed by atoms with Crippen molar-refractivity contribution in [2.24, 2.45) is 5.92 Å². The molecule has 2 aliphatic carbocycles. The summed E-state index contributed by atoms with van der Waals surface area (Å²) in [5, 5.41) is 0. The van der Waals surface area contributed by atoms with Gasteiger partial charge in [-0.05, 0) is 0 Å². The molecule has 168 valence electrons. The number of benzene rings is 2. The first-order chi connectivity index (χ1) is 14.8. The summed E-state index contributed by atoms with van der Waals surface area (Å²) in [4.78, 5) is 0. The fraction of sp³-hybridized carbons (Fsp3) is 0.400. The van der Waals surface area contributed by atoms with E-state index in [0.29, 0.717) is 9.54 Å². The average Bonchev–Trinajstić information content (AvgIpc) is 3.19. The van der Waals surface area contributed by atoms with Gasteiger partial charge < -0.3 is 0 Å². The zero-order valence-corrected chi connectivity index (χ0v) is 25.7. The molecular formula is C30H40SiZr. The summed E-state index contributed by atoms with van der Waals surface area (Å²) in [5.74, 6) is 0.586. The Morgan fingerprint density at radius 1 is 0.812 bits per heavy atom. The molecule has 0 saturated heterocycles. The molecule has 0 nitrogen and oxygen atoms in total. The third-order valence-corrected chi connectivity index (χ3v) is 26.3. The molecule has 4 rings (SSSR count). The molecule has 0 radical (unpaired) electrons. The van der Waals surface area contributed by atoms with E-state index in [9.17, 15) is 0 Å². The third kappa shape index (κ3) is 3.32. The van der Waals surface area contributed by atoms with Crippen molar-refractivity contribution in [2.75, 3.05) is 0 Å². The third-order valence-electron chi connectivity index (χ3n) is 9.07. The molecule has 0 fully saturated rings. The number of hydrogen-bond donors (Lipinski definition) is 0. The number of rotatable bonds is 3. The fourth-order valence-corrected chi connectivity index (χ4v) is 25.4. The minimum atomic E-state index is -3.37. The predicted molar refractivity (Wildman–Crippen MR) is 142 cm³/mol. The Labute approximate surface area is 198 Å². The van der Waals surface area contributed by atoms with Crippen molar-refractivity contribution in [2.45, 2.75) is 68.3 Å². The van der Waals surface area contributed by atoms with Crippen LogP contribution < -0.4 is 0 Å². The standard InChI is InChI=1S/C19H19.C9H13.2CH3.H2Si.Zr/c1-12-11-13(2)19(15(4)14(12)3)18-10-9-16-7-5-6-8-17(16)18;1-6-5-7(2)9(4)8(6)3;;;;/h5-11H,1-4H3;6H,1-4H3;2*1H3;1H2;. The topological polar surface area (TPSA) is 0 Å². The van der Waals surface area contributed by atoms with Gasteiger partial charge in [-0.3, -0.25) is 0 Å². The molecule has 0 saturated carbocycles. The Balaban J connectivity index is 2.00. The van der Waals surface area contributed by atoms with Gasteiger partial charge in [0.1, 0.15) is 0 Å². The molecule has 2 aromatic rings. The van der Waals surface area contributed by atoms with Crippen LogP contribution in [0.15, 0.2) is 56.4 Å². The first kappa shape index (κ1) is 23.9. The average molecular weight is 520 g/mol. The van der Waals surface area contributed by atoms with Crippen LogP contribution in [0.1, 0.15) is 70.3 Å². The van der Waals surface area contributed by atoms with Crippen LogP contribution in [0, 0.1) is 33.6 Å². The number of aryl methyl sites for hydroxylation is 2. The van der Waals surface area contributed by atoms with Crippen LogP contribution in [-0.2, 0) is 17.4 Å². The Morgan fingerprint density at radius 2 is 1.44 bits per heavy atom. The Morgan fingerprint density at radius 3 is 2.03 bits per heavy atom. The van der Waals surface area contributed by atoms with E-state index in [1.807, 2.05) is 3.28 Å². The zero-order chi connectivity index (χ0) is 23.8. The number of hydrogen-bond acceptors (Lipinski definition) is 0. The molecule has 0 aliphatic heterocycles. The molecule has 0 bridgehead atoms. The molecule has 2 aromatic carbocycles. The number of fused-ring (bicyclic) bond motifs is 1. The monoisotopic (exact) mass is 518 g/mol. The van der Waals surface area contributed by atoms with Gasteiger partial charge in [-0.25, -0.2) is 0 Å². The van der Waals surface area contributed by atoms with Crippen molar-refractivity contribution in [1.82, 2.24) is 0 Å². The van der Waals surface area contributed by atoms with Crippen LogP contribution in [0.5, 0.6) is 0 Å². The van der Waals surface area contributed by atoms with Crippen LogP contribution >= 0.6 is 0 Å². The van der Waals surface area contributed by atoms with Crippen molar-refractivity contribution >= 4 is 12.5 Å². The van der Waals surface area contributed by atoms with Crippen LogP contribution in [0.4, 0.5) is 0 Å². The summed E-state index contributed by atoms with van der Waals surface area (Å²) in [6, 6.07) is 11.7. The Bertz CT molecular complexity index is 1320. The minimum absolute atomic E-state index is 0.549. The van der Waals surface area contributed by atoms with Crippen molar-refractivity contribution in [1.29, 1.82) is 0 Å². The Hall–Kier alpha value is -1.24. The summed E-state index contributed by atoms with van der Waals surface area (Å²) in [7, 11) is 0. The molecule has 32 heavy (non-hydrogen) atoms. The molecular weight excluding hydrogens is 480 g/mol. The van der Waals surface area contributed by atoms with Crippen molar-refractivity contribution in [3.05, 3.63) is 95.4 Å². The molecule has 2 heteroatoms. The second-order valence-corrected chi connectivity index (χ2v) is 41.2. The van der Waals surface area contributed by atoms with Gasteiger partial charge in [0, 0.05) is 0 Å². The normalized spacial score (nSPS) is 21.4. The van der Waals surface area contributed by atoms with Gasteiger partial charge in [-0.1, -0.05) is 0 Å². The van der Waals surface area contributed by atoms with Crippen LogP contribution in [-0.4, -0.2) is 6.88 Å². The van der Waals surface area contributed by atoms with E-state index in [4.69, 9.17) is 0 Å². The van der Waals surface area contributed by atoms with Crippen molar-refractivity contribution in [3.8, 4) is 0 Å².